The molecule has 2 rings (SSSR count). The van der Waals surface area contributed by atoms with E-state index in [1.807, 2.05) is 0 Å². The zero-order chi connectivity index (χ0) is 13.1. The lowest BCUT2D eigenvalue weighted by Crippen LogP contribution is -2.19. The molecule has 2 nitrogen and oxygen atoms in total. The summed E-state index contributed by atoms with van der Waals surface area (Å²) < 4.78 is 39.1. The van der Waals surface area contributed by atoms with E-state index in [0.717, 1.165) is 0 Å². The Morgan fingerprint density at radius 1 is 1.67 bits per heavy atom. The highest BCUT2D eigenvalue weighted by atomic mass is 16.1. The van der Waals surface area contributed by atoms with E-state index in [2.05, 4.69) is 0 Å². The normalized spacial score (nSPS) is 41.2. The van der Waals surface area contributed by atoms with Crippen LogP contribution in [0.3, 0.4) is 0 Å². The summed E-state index contributed by atoms with van der Waals surface area (Å²) in [6.07, 6.45) is -5.12. The first-order chi connectivity index (χ1) is 7.67. The van der Waals surface area contributed by atoms with E-state index < -0.39 is 24.5 Å². The van der Waals surface area contributed by atoms with Gasteiger partial charge in [0.2, 0.25) is 5.91 Å². The summed E-state index contributed by atoms with van der Waals surface area (Å²) in [7, 11) is 0. The SMILES string of the molecule is [2H]C1([2H])c2ccccc2C([2H])(C(N)=O)C1([2H])[2H]. The van der Waals surface area contributed by atoms with Crippen molar-refractivity contribution in [3.05, 3.63) is 35.4 Å². The van der Waals surface area contributed by atoms with E-state index in [9.17, 15) is 4.79 Å². The Hall–Kier alpha value is -1.31. The molecule has 0 saturated heterocycles. The quantitative estimate of drug-likeness (QED) is 0.669. The highest BCUT2D eigenvalue weighted by molar-refractivity contribution is 5.83. The van der Waals surface area contributed by atoms with E-state index >= 15 is 0 Å². The van der Waals surface area contributed by atoms with Gasteiger partial charge in [-0.05, 0) is 23.9 Å². The Morgan fingerprint density at radius 3 is 3.17 bits per heavy atom. The van der Waals surface area contributed by atoms with Crippen LogP contribution in [0.2, 0.25) is 0 Å². The van der Waals surface area contributed by atoms with Crippen molar-refractivity contribution in [3.63, 3.8) is 0 Å². The molecule has 1 aromatic carbocycles. The second-order valence-electron chi connectivity index (χ2n) is 2.53. The monoisotopic (exact) mass is 166 g/mol. The topological polar surface area (TPSA) is 43.1 Å². The van der Waals surface area contributed by atoms with Crippen molar-refractivity contribution >= 4 is 5.91 Å². The molecule has 0 spiro atoms. The first-order valence-corrected chi connectivity index (χ1v) is 3.57. The van der Waals surface area contributed by atoms with Crippen LogP contribution in [0.15, 0.2) is 24.3 Å². The lowest BCUT2D eigenvalue weighted by molar-refractivity contribution is -0.119. The molecule has 1 aliphatic carbocycles. The molecular weight excluding hydrogens is 150 g/mol. The number of hydrogen-bond donors (Lipinski definition) is 1. The third kappa shape index (κ3) is 0.998. The Bertz CT molecular complexity index is 501. The van der Waals surface area contributed by atoms with Crippen molar-refractivity contribution in [3.8, 4) is 0 Å². The van der Waals surface area contributed by atoms with Crippen molar-refractivity contribution in [2.75, 3.05) is 0 Å². The summed E-state index contributed by atoms with van der Waals surface area (Å²) >= 11 is 0. The van der Waals surface area contributed by atoms with E-state index in [1.54, 1.807) is 6.07 Å². The van der Waals surface area contributed by atoms with Crippen molar-refractivity contribution in [2.24, 2.45) is 5.73 Å². The zero-order valence-corrected chi connectivity index (χ0v) is 6.29. The van der Waals surface area contributed by atoms with Crippen LogP contribution in [0.25, 0.3) is 0 Å². The summed E-state index contributed by atoms with van der Waals surface area (Å²) in [4.78, 5) is 11.4. The van der Waals surface area contributed by atoms with Gasteiger partial charge in [-0.25, -0.2) is 0 Å². The minimum Gasteiger partial charge on any atom is -0.369 e. The first-order valence-electron chi connectivity index (χ1n) is 6.07. The van der Waals surface area contributed by atoms with Gasteiger partial charge in [-0.15, -0.1) is 0 Å². The molecule has 62 valence electrons. The van der Waals surface area contributed by atoms with E-state index in [-0.39, 0.29) is 11.1 Å². The van der Waals surface area contributed by atoms with Crippen molar-refractivity contribution in [2.45, 2.75) is 18.6 Å². The van der Waals surface area contributed by atoms with Crippen LogP contribution in [0.1, 0.15) is 30.2 Å². The number of benzene rings is 1. The lowest BCUT2D eigenvalue weighted by atomic mass is 10.0. The fraction of sp³-hybridized carbons (Fsp3) is 0.300. The predicted molar refractivity (Wildman–Crippen MR) is 46.7 cm³/mol. The molecular formula is C10H11NO. The molecule has 12 heavy (non-hydrogen) atoms. The number of primary amides is 1. The number of nitrogens with two attached hydrogens (primary N) is 1. The summed E-state index contributed by atoms with van der Waals surface area (Å²) in [6.45, 7) is 0. The third-order valence-corrected chi connectivity index (χ3v) is 1.76. The Morgan fingerprint density at radius 2 is 2.42 bits per heavy atom. The van der Waals surface area contributed by atoms with Crippen LogP contribution >= 0.6 is 0 Å². The summed E-state index contributed by atoms with van der Waals surface area (Å²) in [5.74, 6) is -3.58. The van der Waals surface area contributed by atoms with Crippen LogP contribution in [-0.4, -0.2) is 5.91 Å². The van der Waals surface area contributed by atoms with Crippen LogP contribution in [0, 0.1) is 0 Å². The summed E-state index contributed by atoms with van der Waals surface area (Å²) in [5, 5.41) is 0. The number of rotatable bonds is 1. The fourth-order valence-corrected chi connectivity index (χ4v) is 1.20. The number of fused-ring (bicyclic) bond motifs is 1. The van der Waals surface area contributed by atoms with E-state index in [4.69, 9.17) is 12.6 Å². The number of amides is 1. The van der Waals surface area contributed by atoms with Crippen LogP contribution in [0.4, 0.5) is 0 Å². The predicted octanol–water partition coefficient (Wildman–Crippen LogP) is 1.20. The van der Waals surface area contributed by atoms with Gasteiger partial charge in [0.1, 0.15) is 0 Å². The molecule has 0 aliphatic heterocycles. The smallest absolute Gasteiger partial charge is 0.224 e. The first kappa shape index (κ1) is 3.60. The van der Waals surface area contributed by atoms with Crippen molar-refractivity contribution in [1.29, 1.82) is 0 Å². The van der Waals surface area contributed by atoms with Crippen LogP contribution in [0.5, 0.6) is 0 Å². The molecule has 0 heterocycles. The minimum atomic E-state index is -2.70. The number of aryl methyl sites for hydroxylation is 1. The summed E-state index contributed by atoms with van der Waals surface area (Å²) in [5.41, 5.74) is 5.13. The van der Waals surface area contributed by atoms with Gasteiger partial charge in [-0.1, -0.05) is 24.3 Å². The largest absolute Gasteiger partial charge is 0.369 e. The Labute approximate surface area is 78.4 Å². The molecule has 1 aliphatic rings. The van der Waals surface area contributed by atoms with Gasteiger partial charge in [0, 0.05) is 6.85 Å². The molecule has 1 atom stereocenters. The number of carbonyl (C=O) groups is 1. The van der Waals surface area contributed by atoms with Gasteiger partial charge in [0.25, 0.3) is 0 Å². The van der Waals surface area contributed by atoms with Crippen LogP contribution in [-0.2, 0) is 11.2 Å². The lowest BCUT2D eigenvalue weighted by Gasteiger charge is -2.05. The standard InChI is InChI=1S/C10H11NO/c11-10(12)9-6-5-7-3-1-2-4-8(7)9/h1-4,9H,5-6H2,(H2,11,12)/i5D2,6D2,9D. The van der Waals surface area contributed by atoms with Gasteiger partial charge in [-0.3, -0.25) is 4.79 Å². The molecule has 1 amide bonds. The number of hydrogen-bond acceptors (Lipinski definition) is 1. The molecule has 2 heteroatoms. The maximum absolute atomic E-state index is 11.4. The van der Waals surface area contributed by atoms with Gasteiger partial charge >= 0.3 is 0 Å². The molecule has 2 N–H and O–H groups in total. The Balaban J connectivity index is 2.84. The molecule has 0 bridgehead atoms. The van der Waals surface area contributed by atoms with Gasteiger partial charge < -0.3 is 5.73 Å². The van der Waals surface area contributed by atoms with Crippen LogP contribution < -0.4 is 5.73 Å². The second kappa shape index (κ2) is 2.63. The fourth-order valence-electron chi connectivity index (χ4n) is 1.20. The maximum Gasteiger partial charge on any atom is 0.224 e. The molecule has 1 aromatic rings. The molecule has 0 fully saturated rings. The third-order valence-electron chi connectivity index (χ3n) is 1.76. The van der Waals surface area contributed by atoms with Crippen molar-refractivity contribution < 1.29 is 11.6 Å². The molecule has 0 saturated carbocycles. The molecule has 0 radical (unpaired) electrons. The highest BCUT2D eigenvalue weighted by Gasteiger charge is 2.25. The molecule has 0 aromatic heterocycles. The summed E-state index contributed by atoms with van der Waals surface area (Å²) in [6, 6.07) is 5.82. The second-order valence-corrected chi connectivity index (χ2v) is 2.53. The highest BCUT2D eigenvalue weighted by Crippen LogP contribution is 2.32. The maximum atomic E-state index is 11.4. The van der Waals surface area contributed by atoms with Crippen molar-refractivity contribution in [1.82, 2.24) is 0 Å². The zero-order valence-electron chi connectivity index (χ0n) is 11.3. The Kier molecular flexibility index (Phi) is 0.789. The molecule has 1 unspecified atom stereocenters. The average molecular weight is 166 g/mol. The number of carbonyl (C=O) groups excluding carboxylic acids is 1. The average Bonchev–Trinajstić information content (AvgIpc) is 2.37. The van der Waals surface area contributed by atoms with Gasteiger partial charge in [0.05, 0.1) is 5.89 Å². The minimum absolute atomic E-state index is 0.00231. The van der Waals surface area contributed by atoms with E-state index in [0.29, 0.717) is 0 Å². The van der Waals surface area contributed by atoms with Gasteiger partial charge in [0.15, 0.2) is 0 Å². The van der Waals surface area contributed by atoms with Gasteiger partial charge in [-0.2, -0.15) is 0 Å². The van der Waals surface area contributed by atoms with E-state index in [1.165, 1.54) is 18.2 Å².